The maximum atomic E-state index is 13.9. The van der Waals surface area contributed by atoms with Crippen LogP contribution in [0.2, 0.25) is 0 Å². The Labute approximate surface area is 124 Å². The summed E-state index contributed by atoms with van der Waals surface area (Å²) in [5.74, 6) is 0.649. The Bertz CT molecular complexity index is 595. The summed E-state index contributed by atoms with van der Waals surface area (Å²) < 4.78 is 40.6. The summed E-state index contributed by atoms with van der Waals surface area (Å²) in [6.45, 7) is 2.22. The van der Waals surface area contributed by atoms with Crippen LogP contribution in [0.1, 0.15) is 6.92 Å². The number of rotatable bonds is 2. The van der Waals surface area contributed by atoms with E-state index in [2.05, 4.69) is 15.9 Å². The van der Waals surface area contributed by atoms with E-state index in [9.17, 15) is 12.8 Å². The van der Waals surface area contributed by atoms with E-state index in [1.165, 1.54) is 10.4 Å². The van der Waals surface area contributed by atoms with Gasteiger partial charge in [0.1, 0.15) is 10.7 Å². The van der Waals surface area contributed by atoms with E-state index >= 15 is 0 Å². The fourth-order valence-electron chi connectivity index (χ4n) is 1.94. The lowest BCUT2D eigenvalue weighted by molar-refractivity contribution is 0.365. The number of hydrogen-bond donors (Lipinski definition) is 1. The molecule has 2 rings (SSSR count). The summed E-state index contributed by atoms with van der Waals surface area (Å²) in [6, 6.07) is 2.11. The first-order valence-corrected chi connectivity index (χ1v) is 9.07. The molecule has 0 aromatic heterocycles. The molecular formula is C11H14BrFN2O2S2. The normalized spacial score (nSPS) is 21.5. The van der Waals surface area contributed by atoms with Crippen LogP contribution in [0.5, 0.6) is 0 Å². The molecule has 0 radical (unpaired) electrons. The Balaban J connectivity index is 2.47. The standard InChI is InChI=1S/C11H14BrFN2O2S2/c1-7-6-18-3-2-15(7)19(16,17)11-5-10(14)8(12)4-9(11)13/h4-5,7H,2-3,6,14H2,1H3. The third-order valence-electron chi connectivity index (χ3n) is 2.94. The van der Waals surface area contributed by atoms with Crippen molar-refractivity contribution in [3.63, 3.8) is 0 Å². The van der Waals surface area contributed by atoms with Crippen LogP contribution in [0.15, 0.2) is 21.5 Å². The minimum Gasteiger partial charge on any atom is -0.398 e. The molecule has 1 atom stereocenters. The van der Waals surface area contributed by atoms with Gasteiger partial charge in [0.15, 0.2) is 0 Å². The highest BCUT2D eigenvalue weighted by atomic mass is 79.9. The molecular weight excluding hydrogens is 355 g/mol. The first-order valence-electron chi connectivity index (χ1n) is 5.68. The number of halogens is 2. The average molecular weight is 369 g/mol. The summed E-state index contributed by atoms with van der Waals surface area (Å²) in [6.07, 6.45) is 0. The molecule has 1 saturated heterocycles. The molecule has 2 N–H and O–H groups in total. The minimum atomic E-state index is -3.84. The van der Waals surface area contributed by atoms with E-state index in [4.69, 9.17) is 5.73 Å². The third-order valence-corrected chi connectivity index (χ3v) is 6.85. The zero-order valence-corrected chi connectivity index (χ0v) is 13.5. The maximum absolute atomic E-state index is 13.9. The number of nitrogens with two attached hydrogens (primary N) is 1. The molecule has 1 aromatic carbocycles. The second kappa shape index (κ2) is 5.59. The molecule has 0 saturated carbocycles. The SMILES string of the molecule is CC1CSCCN1S(=O)(=O)c1cc(N)c(Br)cc1F. The summed E-state index contributed by atoms with van der Waals surface area (Å²) in [4.78, 5) is -0.355. The second-order valence-electron chi connectivity index (χ2n) is 4.34. The lowest BCUT2D eigenvalue weighted by Crippen LogP contribution is -2.44. The van der Waals surface area contributed by atoms with Gasteiger partial charge in [-0.3, -0.25) is 0 Å². The van der Waals surface area contributed by atoms with Crippen LogP contribution in [-0.4, -0.2) is 36.8 Å². The summed E-state index contributed by atoms with van der Waals surface area (Å²) >= 11 is 4.77. The fourth-order valence-corrected chi connectivity index (χ4v) is 5.19. The maximum Gasteiger partial charge on any atom is 0.246 e. The highest BCUT2D eigenvalue weighted by Gasteiger charge is 2.33. The lowest BCUT2D eigenvalue weighted by atomic mass is 10.3. The Morgan fingerprint density at radius 1 is 1.53 bits per heavy atom. The summed E-state index contributed by atoms with van der Waals surface area (Å²) in [5.41, 5.74) is 5.86. The molecule has 1 unspecified atom stereocenters. The van der Waals surface area contributed by atoms with Crippen LogP contribution in [0.3, 0.4) is 0 Å². The van der Waals surface area contributed by atoms with Crippen molar-refractivity contribution >= 4 is 43.4 Å². The Morgan fingerprint density at radius 2 is 2.21 bits per heavy atom. The van der Waals surface area contributed by atoms with Gasteiger partial charge in [-0.15, -0.1) is 0 Å². The molecule has 106 valence electrons. The van der Waals surface area contributed by atoms with Crippen molar-refractivity contribution in [1.82, 2.24) is 4.31 Å². The summed E-state index contributed by atoms with van der Waals surface area (Å²) in [5, 5.41) is 0. The number of hydrogen-bond acceptors (Lipinski definition) is 4. The van der Waals surface area contributed by atoms with E-state index < -0.39 is 15.8 Å². The molecule has 4 nitrogen and oxygen atoms in total. The lowest BCUT2D eigenvalue weighted by Gasteiger charge is -2.32. The van der Waals surface area contributed by atoms with Crippen molar-refractivity contribution in [1.29, 1.82) is 0 Å². The number of sulfonamides is 1. The Morgan fingerprint density at radius 3 is 2.84 bits per heavy atom. The monoisotopic (exact) mass is 368 g/mol. The van der Waals surface area contributed by atoms with Crippen molar-refractivity contribution in [2.24, 2.45) is 0 Å². The predicted molar refractivity (Wildman–Crippen MR) is 79.2 cm³/mol. The smallest absolute Gasteiger partial charge is 0.246 e. The fraction of sp³-hybridized carbons (Fsp3) is 0.455. The Hall–Kier alpha value is -0.310. The molecule has 0 bridgehead atoms. The van der Waals surface area contributed by atoms with E-state index in [-0.39, 0.29) is 16.6 Å². The van der Waals surface area contributed by atoms with Crippen molar-refractivity contribution in [2.45, 2.75) is 17.9 Å². The van der Waals surface area contributed by atoms with Crippen molar-refractivity contribution < 1.29 is 12.8 Å². The number of benzene rings is 1. The quantitative estimate of drug-likeness (QED) is 0.813. The molecule has 1 heterocycles. The van der Waals surface area contributed by atoms with Gasteiger partial charge in [0, 0.05) is 34.3 Å². The van der Waals surface area contributed by atoms with Gasteiger partial charge in [0.05, 0.1) is 0 Å². The average Bonchev–Trinajstić information content (AvgIpc) is 2.34. The van der Waals surface area contributed by atoms with Crippen LogP contribution in [0, 0.1) is 5.82 Å². The first-order chi connectivity index (χ1) is 8.84. The van der Waals surface area contributed by atoms with E-state index in [1.54, 1.807) is 11.8 Å². The summed E-state index contributed by atoms with van der Waals surface area (Å²) in [7, 11) is -3.84. The zero-order valence-electron chi connectivity index (χ0n) is 10.3. The second-order valence-corrected chi connectivity index (χ2v) is 8.21. The van der Waals surface area contributed by atoms with E-state index in [1.807, 2.05) is 6.92 Å². The molecule has 8 heteroatoms. The van der Waals surface area contributed by atoms with Gasteiger partial charge in [-0.2, -0.15) is 16.1 Å². The predicted octanol–water partition coefficient (Wildman–Crippen LogP) is 2.30. The van der Waals surface area contributed by atoms with E-state index in [0.717, 1.165) is 11.8 Å². The van der Waals surface area contributed by atoms with Gasteiger partial charge in [-0.1, -0.05) is 0 Å². The molecule has 1 aliphatic heterocycles. The van der Waals surface area contributed by atoms with Gasteiger partial charge < -0.3 is 5.73 Å². The van der Waals surface area contributed by atoms with Gasteiger partial charge in [-0.05, 0) is 35.0 Å². The highest BCUT2D eigenvalue weighted by molar-refractivity contribution is 9.10. The largest absolute Gasteiger partial charge is 0.398 e. The number of thioether (sulfide) groups is 1. The molecule has 0 aliphatic carbocycles. The molecule has 1 aromatic rings. The van der Waals surface area contributed by atoms with Crippen LogP contribution >= 0.6 is 27.7 Å². The van der Waals surface area contributed by atoms with Crippen molar-refractivity contribution in [3.05, 3.63) is 22.4 Å². The van der Waals surface area contributed by atoms with Crippen molar-refractivity contribution in [3.8, 4) is 0 Å². The molecule has 1 aliphatic rings. The van der Waals surface area contributed by atoms with Crippen LogP contribution in [0.4, 0.5) is 10.1 Å². The van der Waals surface area contributed by atoms with Crippen LogP contribution in [-0.2, 0) is 10.0 Å². The van der Waals surface area contributed by atoms with Gasteiger partial charge >= 0.3 is 0 Å². The third kappa shape index (κ3) is 2.91. The first kappa shape index (κ1) is 15.1. The number of nitrogen functional groups attached to an aromatic ring is 1. The van der Waals surface area contributed by atoms with Crippen LogP contribution < -0.4 is 5.73 Å². The number of nitrogens with zero attached hydrogens (tertiary/aromatic N) is 1. The topological polar surface area (TPSA) is 63.4 Å². The van der Waals surface area contributed by atoms with Gasteiger partial charge in [0.25, 0.3) is 0 Å². The van der Waals surface area contributed by atoms with Crippen LogP contribution in [0.25, 0.3) is 0 Å². The van der Waals surface area contributed by atoms with Crippen molar-refractivity contribution in [2.75, 3.05) is 23.8 Å². The minimum absolute atomic E-state index is 0.145. The molecule has 19 heavy (non-hydrogen) atoms. The zero-order chi connectivity index (χ0) is 14.2. The van der Waals surface area contributed by atoms with Gasteiger partial charge in [0.2, 0.25) is 10.0 Å². The molecule has 1 fully saturated rings. The highest BCUT2D eigenvalue weighted by Crippen LogP contribution is 2.30. The molecule has 0 spiro atoms. The molecule has 0 amide bonds. The number of anilines is 1. The Kier molecular flexibility index (Phi) is 4.44. The van der Waals surface area contributed by atoms with Gasteiger partial charge in [-0.25, -0.2) is 12.8 Å². The van der Waals surface area contributed by atoms with E-state index in [0.29, 0.717) is 16.8 Å².